The van der Waals surface area contributed by atoms with Gasteiger partial charge in [-0.2, -0.15) is 4.57 Å². The molecular formula is C14H14N2O. The zero-order valence-electron chi connectivity index (χ0n) is 9.59. The highest BCUT2D eigenvalue weighted by molar-refractivity contribution is 5.89. The summed E-state index contributed by atoms with van der Waals surface area (Å²) in [7, 11) is 2.08. The van der Waals surface area contributed by atoms with Crippen LogP contribution in [0.4, 0.5) is 5.69 Å². The number of pyridine rings is 1. The van der Waals surface area contributed by atoms with Crippen molar-refractivity contribution in [2.75, 3.05) is 5.73 Å². The van der Waals surface area contributed by atoms with E-state index in [0.717, 1.165) is 5.69 Å². The first kappa shape index (κ1) is 11.4. The number of aryl methyl sites for hydroxylation is 1. The van der Waals surface area contributed by atoms with E-state index in [1.54, 1.807) is 0 Å². The minimum Gasteiger partial charge on any atom is -0.870 e. The van der Waals surface area contributed by atoms with Crippen LogP contribution in [0.2, 0.25) is 0 Å². The van der Waals surface area contributed by atoms with Gasteiger partial charge in [-0.15, -0.1) is 0 Å². The lowest BCUT2D eigenvalue weighted by Gasteiger charge is -2.02. The van der Waals surface area contributed by atoms with Crippen LogP contribution in [0.15, 0.2) is 48.5 Å². The zero-order chi connectivity index (χ0) is 11.1. The first-order valence-electron chi connectivity index (χ1n) is 5.33. The Balaban J connectivity index is 0.00000108. The molecule has 17 heavy (non-hydrogen) atoms. The van der Waals surface area contributed by atoms with E-state index >= 15 is 0 Å². The summed E-state index contributed by atoms with van der Waals surface area (Å²) in [6.45, 7) is 0. The summed E-state index contributed by atoms with van der Waals surface area (Å²) in [4.78, 5) is 0. The van der Waals surface area contributed by atoms with Crippen molar-refractivity contribution in [2.45, 2.75) is 0 Å². The third kappa shape index (κ3) is 1.70. The SMILES string of the molecule is C[n+]1c2ccccc2cc2cc(N)ccc21.[OH-]. The number of nitrogens with two attached hydrogens (primary N) is 1. The summed E-state index contributed by atoms with van der Waals surface area (Å²) in [5.74, 6) is 0. The van der Waals surface area contributed by atoms with Gasteiger partial charge in [-0.3, -0.25) is 0 Å². The third-order valence-corrected chi connectivity index (χ3v) is 3.02. The largest absolute Gasteiger partial charge is 0.870 e. The van der Waals surface area contributed by atoms with Gasteiger partial charge in [0.1, 0.15) is 7.05 Å². The molecule has 1 heterocycles. The average molecular weight is 226 g/mol. The normalized spacial score (nSPS) is 10.4. The average Bonchev–Trinajstić information content (AvgIpc) is 2.29. The molecule has 0 unspecified atom stereocenters. The molecule has 0 aliphatic carbocycles. The molecule has 3 aromatic rings. The van der Waals surface area contributed by atoms with E-state index in [0.29, 0.717) is 0 Å². The lowest BCUT2D eigenvalue weighted by Crippen LogP contribution is -2.29. The molecule has 3 N–H and O–H groups in total. The summed E-state index contributed by atoms with van der Waals surface area (Å²) in [5, 5.41) is 2.42. The van der Waals surface area contributed by atoms with Crippen LogP contribution in [0.1, 0.15) is 0 Å². The number of anilines is 1. The van der Waals surface area contributed by atoms with Gasteiger partial charge < -0.3 is 11.2 Å². The van der Waals surface area contributed by atoms with Crippen LogP contribution in [0.3, 0.4) is 0 Å². The predicted octanol–water partition coefficient (Wildman–Crippen LogP) is 2.22. The second-order valence-electron chi connectivity index (χ2n) is 4.08. The predicted molar refractivity (Wildman–Crippen MR) is 69.0 cm³/mol. The van der Waals surface area contributed by atoms with Crippen LogP contribution in [0, 0.1) is 0 Å². The topological polar surface area (TPSA) is 59.9 Å². The fourth-order valence-electron chi connectivity index (χ4n) is 2.21. The molecule has 2 aromatic carbocycles. The van der Waals surface area contributed by atoms with E-state index in [2.05, 4.69) is 48.0 Å². The lowest BCUT2D eigenvalue weighted by atomic mass is 10.1. The second kappa shape index (κ2) is 4.03. The Labute approximate surface area is 99.4 Å². The molecule has 0 bridgehead atoms. The standard InChI is InChI=1S/C14H13N2.H2O/c1-16-13-5-3-2-4-10(13)8-11-9-12(15)6-7-14(11)16;/h2-9H,15H2,1H3;1H2/q+1;/p-1. The fourth-order valence-corrected chi connectivity index (χ4v) is 2.21. The van der Waals surface area contributed by atoms with Gasteiger partial charge in [-0.25, -0.2) is 0 Å². The van der Waals surface area contributed by atoms with Crippen molar-refractivity contribution in [1.82, 2.24) is 0 Å². The quantitative estimate of drug-likeness (QED) is 0.363. The molecule has 0 fully saturated rings. The Kier molecular flexibility index (Phi) is 2.69. The van der Waals surface area contributed by atoms with Crippen LogP contribution in [0.25, 0.3) is 21.8 Å². The van der Waals surface area contributed by atoms with E-state index in [4.69, 9.17) is 5.73 Å². The highest BCUT2D eigenvalue weighted by Gasteiger charge is 2.10. The molecule has 86 valence electrons. The molecule has 0 atom stereocenters. The second-order valence-corrected chi connectivity index (χ2v) is 4.08. The van der Waals surface area contributed by atoms with Gasteiger partial charge in [0, 0.05) is 28.6 Å². The van der Waals surface area contributed by atoms with Crippen molar-refractivity contribution in [1.29, 1.82) is 0 Å². The molecule has 0 saturated carbocycles. The van der Waals surface area contributed by atoms with E-state index in [9.17, 15) is 0 Å². The number of para-hydroxylation sites is 1. The van der Waals surface area contributed by atoms with Gasteiger partial charge in [0.2, 0.25) is 11.0 Å². The Bertz CT molecular complexity index is 692. The smallest absolute Gasteiger partial charge is 0.212 e. The molecule has 3 nitrogen and oxygen atoms in total. The minimum atomic E-state index is 0. The number of benzene rings is 2. The maximum Gasteiger partial charge on any atom is 0.212 e. The van der Waals surface area contributed by atoms with Gasteiger partial charge in [0.25, 0.3) is 0 Å². The van der Waals surface area contributed by atoms with Crippen molar-refractivity contribution in [3.05, 3.63) is 48.5 Å². The molecule has 1 aromatic heterocycles. The summed E-state index contributed by atoms with van der Waals surface area (Å²) in [5.41, 5.74) is 9.05. The fraction of sp³-hybridized carbons (Fsp3) is 0.0714. The lowest BCUT2D eigenvalue weighted by molar-refractivity contribution is -0.617. The third-order valence-electron chi connectivity index (χ3n) is 3.02. The van der Waals surface area contributed by atoms with Crippen molar-refractivity contribution >= 4 is 27.5 Å². The molecule has 3 rings (SSSR count). The highest BCUT2D eigenvalue weighted by atomic mass is 16.0. The number of aromatic nitrogens is 1. The molecule has 0 spiro atoms. The Hall–Kier alpha value is -2.13. The Morgan fingerprint density at radius 2 is 1.59 bits per heavy atom. The van der Waals surface area contributed by atoms with Crippen LogP contribution in [-0.4, -0.2) is 5.48 Å². The van der Waals surface area contributed by atoms with Gasteiger partial charge >= 0.3 is 0 Å². The first-order chi connectivity index (χ1) is 7.75. The van der Waals surface area contributed by atoms with Gasteiger partial charge in [0.05, 0.1) is 0 Å². The Morgan fingerprint density at radius 3 is 2.41 bits per heavy atom. The van der Waals surface area contributed by atoms with Crippen LogP contribution in [-0.2, 0) is 7.05 Å². The van der Waals surface area contributed by atoms with Crippen LogP contribution in [0.5, 0.6) is 0 Å². The number of hydrogen-bond acceptors (Lipinski definition) is 2. The maximum absolute atomic E-state index is 5.81. The minimum absolute atomic E-state index is 0. The zero-order valence-corrected chi connectivity index (χ0v) is 9.59. The molecule has 0 aliphatic rings. The van der Waals surface area contributed by atoms with E-state index in [1.165, 1.54) is 21.8 Å². The number of fused-ring (bicyclic) bond motifs is 2. The summed E-state index contributed by atoms with van der Waals surface area (Å²) >= 11 is 0. The maximum atomic E-state index is 5.81. The molecular weight excluding hydrogens is 212 g/mol. The highest BCUT2D eigenvalue weighted by Crippen LogP contribution is 2.19. The Morgan fingerprint density at radius 1 is 0.882 bits per heavy atom. The molecule has 3 heteroatoms. The number of nitrogen functional groups attached to an aromatic ring is 1. The van der Waals surface area contributed by atoms with Crippen molar-refractivity contribution in [3.8, 4) is 0 Å². The monoisotopic (exact) mass is 226 g/mol. The number of rotatable bonds is 0. The first-order valence-corrected chi connectivity index (χ1v) is 5.33. The van der Waals surface area contributed by atoms with Gasteiger partial charge in [0.15, 0.2) is 0 Å². The van der Waals surface area contributed by atoms with E-state index < -0.39 is 0 Å². The summed E-state index contributed by atoms with van der Waals surface area (Å²) in [6, 6.07) is 16.6. The van der Waals surface area contributed by atoms with E-state index in [-0.39, 0.29) is 5.48 Å². The van der Waals surface area contributed by atoms with Crippen LogP contribution < -0.4 is 10.3 Å². The molecule has 0 saturated heterocycles. The van der Waals surface area contributed by atoms with Crippen molar-refractivity contribution < 1.29 is 10.0 Å². The van der Waals surface area contributed by atoms with E-state index in [1.807, 2.05) is 12.1 Å². The van der Waals surface area contributed by atoms with Gasteiger partial charge in [-0.05, 0) is 24.3 Å². The summed E-state index contributed by atoms with van der Waals surface area (Å²) < 4.78 is 2.20. The van der Waals surface area contributed by atoms with Crippen molar-refractivity contribution in [3.63, 3.8) is 0 Å². The number of nitrogens with zero attached hydrogens (tertiary/aromatic N) is 1. The number of hydrogen-bond donors (Lipinski definition) is 1. The van der Waals surface area contributed by atoms with Crippen LogP contribution >= 0.6 is 0 Å². The summed E-state index contributed by atoms with van der Waals surface area (Å²) in [6.07, 6.45) is 0. The van der Waals surface area contributed by atoms with Gasteiger partial charge in [-0.1, -0.05) is 12.1 Å². The molecule has 0 amide bonds. The molecule has 0 aliphatic heterocycles. The van der Waals surface area contributed by atoms with Crippen molar-refractivity contribution in [2.24, 2.45) is 7.05 Å². The molecule has 0 radical (unpaired) electrons.